The van der Waals surface area contributed by atoms with Crippen LogP contribution in [0.4, 0.5) is 11.5 Å². The van der Waals surface area contributed by atoms with E-state index in [1.807, 2.05) is 0 Å². The van der Waals surface area contributed by atoms with Crippen molar-refractivity contribution in [2.45, 2.75) is 6.10 Å². The number of nitro groups is 1. The molecule has 0 unspecified atom stereocenters. The molecule has 1 saturated heterocycles. The van der Waals surface area contributed by atoms with Crippen molar-refractivity contribution in [2.75, 3.05) is 18.0 Å². The summed E-state index contributed by atoms with van der Waals surface area (Å²) in [7, 11) is 0. The molecule has 1 aromatic rings. The van der Waals surface area contributed by atoms with Crippen LogP contribution in [0.2, 0.25) is 0 Å². The fourth-order valence-electron chi connectivity index (χ4n) is 1.40. The van der Waals surface area contributed by atoms with Crippen LogP contribution in [-0.4, -0.2) is 34.2 Å². The topological polar surface area (TPSA) is 79.5 Å². The number of hydrogen-bond acceptors (Lipinski definition) is 5. The largest absolute Gasteiger partial charge is 0.389 e. The molecule has 0 bridgehead atoms. The number of aliphatic hydroxyl groups excluding tert-OH is 1. The van der Waals surface area contributed by atoms with E-state index < -0.39 is 11.0 Å². The summed E-state index contributed by atoms with van der Waals surface area (Å²) in [5.74, 6) is 0.336. The van der Waals surface area contributed by atoms with E-state index in [2.05, 4.69) is 4.98 Å². The Balaban J connectivity index is 2.28. The Hall–Kier alpha value is -1.69. The van der Waals surface area contributed by atoms with Crippen LogP contribution < -0.4 is 4.90 Å². The lowest BCUT2D eigenvalue weighted by Gasteiger charge is -2.36. The van der Waals surface area contributed by atoms with Crippen LogP contribution in [0.15, 0.2) is 18.3 Å². The van der Waals surface area contributed by atoms with Gasteiger partial charge in [0.25, 0.3) is 0 Å². The van der Waals surface area contributed by atoms with Crippen molar-refractivity contribution in [1.29, 1.82) is 0 Å². The first kappa shape index (κ1) is 8.89. The van der Waals surface area contributed by atoms with Crippen molar-refractivity contribution < 1.29 is 10.0 Å². The van der Waals surface area contributed by atoms with Crippen molar-refractivity contribution in [2.24, 2.45) is 0 Å². The van der Waals surface area contributed by atoms with Gasteiger partial charge in [0.2, 0.25) is 5.82 Å². The zero-order chi connectivity index (χ0) is 10.1. The summed E-state index contributed by atoms with van der Waals surface area (Å²) in [5.41, 5.74) is -0.0144. The molecule has 74 valence electrons. The molecule has 1 fully saturated rings. The van der Waals surface area contributed by atoms with Gasteiger partial charge in [-0.3, -0.25) is 10.1 Å². The highest BCUT2D eigenvalue weighted by atomic mass is 16.6. The van der Waals surface area contributed by atoms with E-state index in [1.165, 1.54) is 18.3 Å². The molecule has 0 aliphatic carbocycles. The number of rotatable bonds is 2. The van der Waals surface area contributed by atoms with E-state index in [9.17, 15) is 10.1 Å². The molecule has 0 atom stereocenters. The van der Waals surface area contributed by atoms with Gasteiger partial charge < -0.3 is 10.0 Å². The molecule has 0 spiro atoms. The number of anilines is 1. The molecule has 14 heavy (non-hydrogen) atoms. The standard InChI is InChI=1S/C8H9N3O3/c12-6-4-10(5-6)8-7(11(13)14)2-1-3-9-8/h1-3,6,12H,4-5H2. The predicted octanol–water partition coefficient (Wildman–Crippen LogP) is 0.171. The Kier molecular flexibility index (Phi) is 2.05. The summed E-state index contributed by atoms with van der Waals surface area (Å²) in [6.07, 6.45) is 1.11. The summed E-state index contributed by atoms with van der Waals surface area (Å²) in [4.78, 5) is 15.8. The van der Waals surface area contributed by atoms with Crippen molar-refractivity contribution >= 4 is 11.5 Å². The second-order valence-corrected chi connectivity index (χ2v) is 3.16. The third kappa shape index (κ3) is 1.39. The SMILES string of the molecule is O=[N+]([O-])c1cccnc1N1CC(O)C1. The number of hydrogen-bond donors (Lipinski definition) is 1. The van der Waals surface area contributed by atoms with Crippen molar-refractivity contribution in [1.82, 2.24) is 4.98 Å². The van der Waals surface area contributed by atoms with Crippen LogP contribution in [0.3, 0.4) is 0 Å². The normalized spacial score (nSPS) is 16.5. The van der Waals surface area contributed by atoms with Gasteiger partial charge in [0.1, 0.15) is 0 Å². The average Bonchev–Trinajstić information content (AvgIpc) is 2.13. The minimum absolute atomic E-state index is 0.0144. The summed E-state index contributed by atoms with van der Waals surface area (Å²) in [6, 6.07) is 2.94. The van der Waals surface area contributed by atoms with Gasteiger partial charge >= 0.3 is 5.69 Å². The van der Waals surface area contributed by atoms with E-state index in [0.29, 0.717) is 18.9 Å². The Labute approximate surface area is 79.9 Å². The molecule has 1 N–H and O–H groups in total. The van der Waals surface area contributed by atoms with E-state index in [-0.39, 0.29) is 5.69 Å². The fraction of sp³-hybridized carbons (Fsp3) is 0.375. The van der Waals surface area contributed by atoms with Gasteiger partial charge in [-0.25, -0.2) is 4.98 Å². The van der Waals surface area contributed by atoms with E-state index in [0.717, 1.165) is 0 Å². The third-order valence-corrected chi connectivity index (χ3v) is 2.12. The Morgan fingerprint density at radius 2 is 2.36 bits per heavy atom. The third-order valence-electron chi connectivity index (χ3n) is 2.12. The van der Waals surface area contributed by atoms with Crippen molar-refractivity contribution in [3.05, 3.63) is 28.4 Å². The first-order chi connectivity index (χ1) is 6.68. The predicted molar refractivity (Wildman–Crippen MR) is 49.1 cm³/mol. The van der Waals surface area contributed by atoms with Gasteiger partial charge in [0.05, 0.1) is 11.0 Å². The molecule has 2 rings (SSSR count). The molecule has 6 heteroatoms. The molecule has 0 radical (unpaired) electrons. The molecule has 0 aromatic carbocycles. The number of aliphatic hydroxyl groups is 1. The maximum atomic E-state index is 10.6. The Morgan fingerprint density at radius 1 is 1.64 bits per heavy atom. The van der Waals surface area contributed by atoms with Crippen LogP contribution in [0, 0.1) is 10.1 Å². The van der Waals surface area contributed by atoms with Crippen LogP contribution in [0.5, 0.6) is 0 Å². The van der Waals surface area contributed by atoms with Crippen LogP contribution in [0.1, 0.15) is 0 Å². The lowest BCUT2D eigenvalue weighted by Crippen LogP contribution is -2.51. The Bertz CT molecular complexity index is 363. The van der Waals surface area contributed by atoms with Gasteiger partial charge in [-0.15, -0.1) is 0 Å². The molecule has 2 heterocycles. The highest BCUT2D eigenvalue weighted by molar-refractivity contribution is 5.58. The number of nitrogens with zero attached hydrogens (tertiary/aromatic N) is 3. The van der Waals surface area contributed by atoms with E-state index in [4.69, 9.17) is 5.11 Å². The lowest BCUT2D eigenvalue weighted by atomic mass is 10.1. The lowest BCUT2D eigenvalue weighted by molar-refractivity contribution is -0.384. The molecule has 0 saturated carbocycles. The second kappa shape index (κ2) is 3.22. The summed E-state index contributed by atoms with van der Waals surface area (Å²) in [5, 5.41) is 19.7. The van der Waals surface area contributed by atoms with Crippen LogP contribution >= 0.6 is 0 Å². The molecule has 1 aliphatic heterocycles. The smallest absolute Gasteiger partial charge is 0.311 e. The summed E-state index contributed by atoms with van der Waals surface area (Å²) >= 11 is 0. The number of pyridine rings is 1. The monoisotopic (exact) mass is 195 g/mol. The average molecular weight is 195 g/mol. The first-order valence-electron chi connectivity index (χ1n) is 4.21. The maximum Gasteiger partial charge on any atom is 0.311 e. The minimum Gasteiger partial charge on any atom is -0.389 e. The highest BCUT2D eigenvalue weighted by Gasteiger charge is 2.30. The highest BCUT2D eigenvalue weighted by Crippen LogP contribution is 2.28. The number of aromatic nitrogens is 1. The van der Waals surface area contributed by atoms with Crippen molar-refractivity contribution in [3.8, 4) is 0 Å². The fourth-order valence-corrected chi connectivity index (χ4v) is 1.40. The zero-order valence-electron chi connectivity index (χ0n) is 7.33. The minimum atomic E-state index is -0.465. The molecular weight excluding hydrogens is 186 g/mol. The van der Waals surface area contributed by atoms with Crippen LogP contribution in [0.25, 0.3) is 0 Å². The van der Waals surface area contributed by atoms with Gasteiger partial charge in [0, 0.05) is 25.4 Å². The molecular formula is C8H9N3O3. The molecule has 0 amide bonds. The van der Waals surface area contributed by atoms with Crippen LogP contribution in [-0.2, 0) is 0 Å². The quantitative estimate of drug-likeness (QED) is 0.537. The molecule has 6 nitrogen and oxygen atoms in total. The van der Waals surface area contributed by atoms with Gasteiger partial charge in [0.15, 0.2) is 0 Å². The summed E-state index contributed by atoms with van der Waals surface area (Å²) in [6.45, 7) is 0.829. The van der Waals surface area contributed by atoms with Gasteiger partial charge in [-0.05, 0) is 6.07 Å². The molecule has 1 aromatic heterocycles. The maximum absolute atomic E-state index is 10.6. The van der Waals surface area contributed by atoms with Gasteiger partial charge in [-0.1, -0.05) is 0 Å². The first-order valence-corrected chi connectivity index (χ1v) is 4.21. The summed E-state index contributed by atoms with van der Waals surface area (Å²) < 4.78 is 0. The van der Waals surface area contributed by atoms with Crippen molar-refractivity contribution in [3.63, 3.8) is 0 Å². The van der Waals surface area contributed by atoms with E-state index >= 15 is 0 Å². The Morgan fingerprint density at radius 3 is 2.93 bits per heavy atom. The second-order valence-electron chi connectivity index (χ2n) is 3.16. The number of β-amino-alcohol motifs (C(OH)–C–C–N with tert-alkyl or cyclic N) is 1. The zero-order valence-corrected chi connectivity index (χ0v) is 7.33. The van der Waals surface area contributed by atoms with Gasteiger partial charge in [-0.2, -0.15) is 0 Å². The van der Waals surface area contributed by atoms with E-state index in [1.54, 1.807) is 4.90 Å². The molecule has 1 aliphatic rings.